The molecule has 0 saturated heterocycles. The third kappa shape index (κ3) is 3.88. The molecule has 1 aliphatic carbocycles. The van der Waals surface area contributed by atoms with Gasteiger partial charge in [0.1, 0.15) is 0 Å². The third-order valence-electron chi connectivity index (χ3n) is 3.51. The number of anilines is 2. The number of amides is 1. The molecule has 1 fully saturated rings. The molecule has 0 atom stereocenters. The van der Waals surface area contributed by atoms with Crippen LogP contribution in [0, 0.1) is 5.92 Å². The van der Waals surface area contributed by atoms with Crippen molar-refractivity contribution in [2.24, 2.45) is 5.92 Å². The summed E-state index contributed by atoms with van der Waals surface area (Å²) in [4.78, 5) is 13.4. The summed E-state index contributed by atoms with van der Waals surface area (Å²) in [6, 6.07) is 5.46. The molecule has 19 heavy (non-hydrogen) atoms. The van der Waals surface area contributed by atoms with E-state index >= 15 is 0 Å². The first kappa shape index (κ1) is 13.7. The van der Waals surface area contributed by atoms with Crippen LogP contribution in [0.2, 0.25) is 0 Å². The molecule has 0 unspecified atom stereocenters. The Bertz CT molecular complexity index is 453. The first-order valence-corrected chi connectivity index (χ1v) is 6.93. The molecule has 1 amide bonds. The second kappa shape index (κ2) is 5.95. The minimum atomic E-state index is -0.0213. The second-order valence-electron chi connectivity index (χ2n) is 5.51. The van der Waals surface area contributed by atoms with Crippen molar-refractivity contribution >= 4 is 17.3 Å². The van der Waals surface area contributed by atoms with Crippen molar-refractivity contribution < 1.29 is 4.79 Å². The van der Waals surface area contributed by atoms with E-state index in [1.807, 2.05) is 12.1 Å². The van der Waals surface area contributed by atoms with Gasteiger partial charge in [-0.3, -0.25) is 4.79 Å². The van der Waals surface area contributed by atoms with Crippen molar-refractivity contribution in [3.05, 3.63) is 23.8 Å². The molecule has 1 aliphatic rings. The molecule has 3 N–H and O–H groups in total. The highest BCUT2D eigenvalue weighted by atomic mass is 16.2. The molecule has 0 aromatic heterocycles. The standard InChI is InChI=1S/C15H23N3O/c1-18(2)15(19)12-7-8-14(13(16)10-12)17-9-3-4-11-5-6-11/h7-8,10-11,17H,3-6,9,16H2,1-2H3. The smallest absolute Gasteiger partial charge is 0.253 e. The zero-order valence-corrected chi connectivity index (χ0v) is 11.8. The molecule has 0 spiro atoms. The fourth-order valence-electron chi connectivity index (χ4n) is 2.14. The molecule has 104 valence electrons. The number of benzene rings is 1. The van der Waals surface area contributed by atoms with Gasteiger partial charge in [0.05, 0.1) is 11.4 Å². The van der Waals surface area contributed by atoms with Crippen molar-refractivity contribution in [1.29, 1.82) is 0 Å². The van der Waals surface area contributed by atoms with Gasteiger partial charge in [-0.15, -0.1) is 0 Å². The minimum Gasteiger partial charge on any atom is -0.397 e. The lowest BCUT2D eigenvalue weighted by Gasteiger charge is -2.13. The van der Waals surface area contributed by atoms with E-state index in [4.69, 9.17) is 5.73 Å². The van der Waals surface area contributed by atoms with Crippen LogP contribution in [0.5, 0.6) is 0 Å². The van der Waals surface area contributed by atoms with Gasteiger partial charge in [-0.1, -0.05) is 12.8 Å². The fraction of sp³-hybridized carbons (Fsp3) is 0.533. The zero-order chi connectivity index (χ0) is 13.8. The molecular formula is C15H23N3O. The van der Waals surface area contributed by atoms with Crippen LogP contribution in [-0.2, 0) is 0 Å². The topological polar surface area (TPSA) is 58.4 Å². The van der Waals surface area contributed by atoms with Crippen LogP contribution >= 0.6 is 0 Å². The highest BCUT2D eigenvalue weighted by molar-refractivity contribution is 5.95. The highest BCUT2D eigenvalue weighted by Crippen LogP contribution is 2.33. The predicted molar refractivity (Wildman–Crippen MR) is 79.3 cm³/mol. The Labute approximate surface area is 115 Å². The van der Waals surface area contributed by atoms with Crippen molar-refractivity contribution in [2.45, 2.75) is 25.7 Å². The van der Waals surface area contributed by atoms with E-state index in [2.05, 4.69) is 5.32 Å². The Morgan fingerprint density at radius 1 is 1.42 bits per heavy atom. The molecule has 4 nitrogen and oxygen atoms in total. The molecule has 1 aromatic rings. The van der Waals surface area contributed by atoms with Gasteiger partial charge in [0.2, 0.25) is 0 Å². The fourth-order valence-corrected chi connectivity index (χ4v) is 2.14. The summed E-state index contributed by atoms with van der Waals surface area (Å²) in [6.45, 7) is 0.946. The van der Waals surface area contributed by atoms with Crippen LogP contribution in [0.4, 0.5) is 11.4 Å². The Kier molecular flexibility index (Phi) is 4.30. The van der Waals surface area contributed by atoms with E-state index in [1.54, 1.807) is 25.1 Å². The largest absolute Gasteiger partial charge is 0.397 e. The van der Waals surface area contributed by atoms with Gasteiger partial charge in [0.25, 0.3) is 5.91 Å². The normalized spacial score (nSPS) is 14.2. The van der Waals surface area contributed by atoms with Crippen molar-refractivity contribution in [1.82, 2.24) is 4.90 Å². The molecule has 0 heterocycles. The van der Waals surface area contributed by atoms with Crippen molar-refractivity contribution in [3.8, 4) is 0 Å². The van der Waals surface area contributed by atoms with Crippen LogP contribution < -0.4 is 11.1 Å². The summed E-state index contributed by atoms with van der Waals surface area (Å²) in [5.41, 5.74) is 8.17. The van der Waals surface area contributed by atoms with Crippen LogP contribution in [0.3, 0.4) is 0 Å². The number of nitrogens with two attached hydrogens (primary N) is 1. The van der Waals surface area contributed by atoms with Crippen LogP contribution in [0.15, 0.2) is 18.2 Å². The number of carbonyl (C=O) groups excluding carboxylic acids is 1. The molecule has 1 saturated carbocycles. The minimum absolute atomic E-state index is 0.0213. The Morgan fingerprint density at radius 2 is 2.16 bits per heavy atom. The highest BCUT2D eigenvalue weighted by Gasteiger charge is 2.20. The first-order valence-electron chi connectivity index (χ1n) is 6.93. The summed E-state index contributed by atoms with van der Waals surface area (Å²) >= 11 is 0. The van der Waals surface area contributed by atoms with Crippen molar-refractivity contribution in [2.75, 3.05) is 31.7 Å². The first-order chi connectivity index (χ1) is 9.08. The number of carbonyl (C=O) groups is 1. The predicted octanol–water partition coefficient (Wildman–Crippen LogP) is 2.57. The van der Waals surface area contributed by atoms with E-state index in [0.29, 0.717) is 11.3 Å². The summed E-state index contributed by atoms with van der Waals surface area (Å²) in [7, 11) is 3.48. The average Bonchev–Trinajstić information content (AvgIpc) is 3.19. The lowest BCUT2D eigenvalue weighted by atomic mass is 10.1. The molecule has 0 aliphatic heterocycles. The second-order valence-corrected chi connectivity index (χ2v) is 5.51. The number of nitrogens with one attached hydrogen (secondary N) is 1. The molecule has 0 radical (unpaired) electrons. The van der Waals surface area contributed by atoms with Gasteiger partial charge in [-0.05, 0) is 37.0 Å². The van der Waals surface area contributed by atoms with E-state index in [0.717, 1.165) is 18.2 Å². The summed E-state index contributed by atoms with van der Waals surface area (Å²) in [6.07, 6.45) is 5.31. The van der Waals surface area contributed by atoms with Crippen LogP contribution in [0.1, 0.15) is 36.0 Å². The molecular weight excluding hydrogens is 238 g/mol. The van der Waals surface area contributed by atoms with Crippen molar-refractivity contribution in [3.63, 3.8) is 0 Å². The van der Waals surface area contributed by atoms with E-state index in [1.165, 1.54) is 25.7 Å². The Balaban J connectivity index is 1.88. The number of hydrogen-bond acceptors (Lipinski definition) is 3. The Hall–Kier alpha value is -1.71. The van der Waals surface area contributed by atoms with E-state index in [9.17, 15) is 4.79 Å². The maximum atomic E-state index is 11.8. The van der Waals surface area contributed by atoms with Gasteiger partial charge >= 0.3 is 0 Å². The van der Waals surface area contributed by atoms with Crippen LogP contribution in [0.25, 0.3) is 0 Å². The average molecular weight is 261 g/mol. The maximum absolute atomic E-state index is 11.8. The van der Waals surface area contributed by atoms with Gasteiger partial charge in [-0.25, -0.2) is 0 Å². The number of nitrogen functional groups attached to an aromatic ring is 1. The summed E-state index contributed by atoms with van der Waals surface area (Å²) in [5.74, 6) is 0.950. The Morgan fingerprint density at radius 3 is 2.74 bits per heavy atom. The molecule has 2 rings (SSSR count). The monoisotopic (exact) mass is 261 g/mol. The molecule has 1 aromatic carbocycles. The van der Waals surface area contributed by atoms with Gasteiger partial charge in [-0.2, -0.15) is 0 Å². The maximum Gasteiger partial charge on any atom is 0.253 e. The van der Waals surface area contributed by atoms with Gasteiger partial charge < -0.3 is 16.0 Å². The van der Waals surface area contributed by atoms with Crippen LogP contribution in [-0.4, -0.2) is 31.4 Å². The summed E-state index contributed by atoms with van der Waals surface area (Å²) in [5, 5.41) is 3.34. The lowest BCUT2D eigenvalue weighted by Crippen LogP contribution is -2.21. The number of nitrogens with zero attached hydrogens (tertiary/aromatic N) is 1. The van der Waals surface area contributed by atoms with E-state index in [-0.39, 0.29) is 5.91 Å². The number of hydrogen-bond donors (Lipinski definition) is 2. The van der Waals surface area contributed by atoms with Gasteiger partial charge in [0, 0.05) is 26.2 Å². The molecule has 0 bridgehead atoms. The molecule has 4 heteroatoms. The van der Waals surface area contributed by atoms with Gasteiger partial charge in [0.15, 0.2) is 0 Å². The third-order valence-corrected chi connectivity index (χ3v) is 3.51. The zero-order valence-electron chi connectivity index (χ0n) is 11.8. The van der Waals surface area contributed by atoms with E-state index < -0.39 is 0 Å². The quantitative estimate of drug-likeness (QED) is 0.611. The number of rotatable bonds is 6. The SMILES string of the molecule is CN(C)C(=O)c1ccc(NCCCC2CC2)c(N)c1. The summed E-state index contributed by atoms with van der Waals surface area (Å²) < 4.78 is 0. The lowest BCUT2D eigenvalue weighted by molar-refractivity contribution is 0.0827.